The molecule has 2 N–H and O–H groups in total. The van der Waals surface area contributed by atoms with Crippen molar-refractivity contribution in [2.75, 3.05) is 0 Å². The number of rotatable bonds is 1. The van der Waals surface area contributed by atoms with Crippen molar-refractivity contribution >= 4 is 11.0 Å². The minimum Gasteiger partial charge on any atom is -0.306 e. The van der Waals surface area contributed by atoms with Gasteiger partial charge in [0.05, 0.1) is 11.0 Å². The molecule has 4 heteroatoms. The highest BCUT2D eigenvalue weighted by molar-refractivity contribution is 5.74. The number of aromatic amines is 2. The summed E-state index contributed by atoms with van der Waals surface area (Å²) in [5.41, 5.74) is 3.91. The first-order valence-corrected chi connectivity index (χ1v) is 7.86. The molecule has 2 aromatic carbocycles. The monoisotopic (exact) mass is 326 g/mol. The Bertz CT molecular complexity index is 838. The van der Waals surface area contributed by atoms with Gasteiger partial charge < -0.3 is 9.97 Å². The number of benzene rings is 2. The first kappa shape index (κ1) is 19.2. The van der Waals surface area contributed by atoms with Crippen molar-refractivity contribution in [2.24, 2.45) is 0 Å². The van der Waals surface area contributed by atoms with E-state index < -0.39 is 0 Å². The van der Waals surface area contributed by atoms with Crippen LogP contribution >= 0.6 is 0 Å². The highest BCUT2D eigenvalue weighted by Gasteiger charge is 1.95. The van der Waals surface area contributed by atoms with E-state index >= 15 is 0 Å². The van der Waals surface area contributed by atoms with E-state index in [9.17, 15) is 9.18 Å². The Morgan fingerprint density at radius 1 is 1.04 bits per heavy atom. The number of hydrogen-bond acceptors (Lipinski definition) is 1. The van der Waals surface area contributed by atoms with Crippen LogP contribution in [0.25, 0.3) is 11.0 Å². The molecule has 3 nitrogen and oxygen atoms in total. The molecule has 0 spiro atoms. The quantitative estimate of drug-likeness (QED) is 0.632. The molecule has 0 aliphatic rings. The lowest BCUT2D eigenvalue weighted by Gasteiger charge is -1.92. The highest BCUT2D eigenvalue weighted by Crippen LogP contribution is 2.08. The Morgan fingerprint density at radius 2 is 1.62 bits per heavy atom. The van der Waals surface area contributed by atoms with Crippen LogP contribution in [0.3, 0.4) is 0 Å². The molecule has 0 aliphatic heterocycles. The van der Waals surface area contributed by atoms with Crippen molar-refractivity contribution in [1.82, 2.24) is 9.97 Å². The maximum Gasteiger partial charge on any atom is 0.323 e. The van der Waals surface area contributed by atoms with Crippen LogP contribution in [0, 0.1) is 25.1 Å². The highest BCUT2D eigenvalue weighted by atomic mass is 19.1. The first-order valence-electron chi connectivity index (χ1n) is 7.86. The number of terminal acetylenes is 1. The van der Waals surface area contributed by atoms with Gasteiger partial charge in [-0.2, -0.15) is 0 Å². The Kier molecular flexibility index (Phi) is 8.07. The van der Waals surface area contributed by atoms with Crippen molar-refractivity contribution in [1.29, 1.82) is 0 Å². The fraction of sp³-hybridized carbons (Fsp3) is 0.250. The van der Waals surface area contributed by atoms with Gasteiger partial charge in [-0.15, -0.1) is 12.3 Å². The van der Waals surface area contributed by atoms with Crippen LogP contribution in [-0.2, 0) is 6.42 Å². The van der Waals surface area contributed by atoms with Crippen LogP contribution < -0.4 is 5.69 Å². The molecule has 0 aliphatic carbocycles. The molecule has 3 rings (SSSR count). The smallest absolute Gasteiger partial charge is 0.306 e. The zero-order valence-corrected chi connectivity index (χ0v) is 14.3. The van der Waals surface area contributed by atoms with Crippen molar-refractivity contribution in [3.05, 3.63) is 69.9 Å². The van der Waals surface area contributed by atoms with Gasteiger partial charge in [-0.3, -0.25) is 0 Å². The van der Waals surface area contributed by atoms with Crippen LogP contribution in [0.1, 0.15) is 31.4 Å². The van der Waals surface area contributed by atoms with E-state index in [2.05, 4.69) is 15.9 Å². The molecule has 0 unspecified atom stereocenters. The molecule has 0 fully saturated rings. The summed E-state index contributed by atoms with van der Waals surface area (Å²) >= 11 is 0. The summed E-state index contributed by atoms with van der Waals surface area (Å²) in [6.45, 7) is 5.98. The Labute approximate surface area is 141 Å². The number of fused-ring (bicyclic) bond motifs is 1. The lowest BCUT2D eigenvalue weighted by Crippen LogP contribution is -1.99. The fourth-order valence-electron chi connectivity index (χ4n) is 1.87. The van der Waals surface area contributed by atoms with E-state index in [-0.39, 0.29) is 11.5 Å². The second kappa shape index (κ2) is 10.1. The first-order chi connectivity index (χ1) is 11.5. The minimum atomic E-state index is -0.160. The molecular formula is C20H23FN2O. The zero-order chi connectivity index (χ0) is 17.9. The molecule has 126 valence electrons. The summed E-state index contributed by atoms with van der Waals surface area (Å²) in [6.07, 6.45) is 6.60. The summed E-state index contributed by atoms with van der Waals surface area (Å²) in [6, 6.07) is 12.4. The number of nitrogens with one attached hydrogen (secondary N) is 2. The van der Waals surface area contributed by atoms with E-state index in [0.717, 1.165) is 29.4 Å². The fourth-order valence-corrected chi connectivity index (χ4v) is 1.87. The second-order valence-electron chi connectivity index (χ2n) is 5.17. The van der Waals surface area contributed by atoms with Gasteiger partial charge in [-0.05, 0) is 48.7 Å². The Morgan fingerprint density at radius 3 is 2.17 bits per heavy atom. The molecule has 0 saturated heterocycles. The zero-order valence-electron chi connectivity index (χ0n) is 14.3. The average molecular weight is 326 g/mol. The lowest BCUT2D eigenvalue weighted by molar-refractivity contribution is 0.627. The van der Waals surface area contributed by atoms with Crippen LogP contribution in [0.2, 0.25) is 0 Å². The number of imidazole rings is 1. The maximum atomic E-state index is 12.2. The molecular weight excluding hydrogens is 303 g/mol. The van der Waals surface area contributed by atoms with E-state index in [1.807, 2.05) is 39.0 Å². The van der Waals surface area contributed by atoms with E-state index in [1.165, 1.54) is 17.7 Å². The van der Waals surface area contributed by atoms with E-state index in [0.29, 0.717) is 0 Å². The molecule has 3 aromatic rings. The summed E-state index contributed by atoms with van der Waals surface area (Å²) in [5, 5.41) is 0. The van der Waals surface area contributed by atoms with Crippen LogP contribution in [0.15, 0.2) is 47.3 Å². The molecule has 0 saturated carbocycles. The van der Waals surface area contributed by atoms with Crippen molar-refractivity contribution < 1.29 is 4.39 Å². The second-order valence-corrected chi connectivity index (χ2v) is 5.17. The number of H-pyrrole nitrogens is 2. The third kappa shape index (κ3) is 6.53. The van der Waals surface area contributed by atoms with Gasteiger partial charge in [-0.25, -0.2) is 9.18 Å². The predicted molar refractivity (Wildman–Crippen MR) is 98.6 cm³/mol. The van der Waals surface area contributed by atoms with Gasteiger partial charge in [0.15, 0.2) is 0 Å². The molecule has 0 radical (unpaired) electrons. The number of halogens is 1. The topological polar surface area (TPSA) is 48.6 Å². The van der Waals surface area contributed by atoms with Crippen molar-refractivity contribution in [3.8, 4) is 12.3 Å². The molecule has 0 atom stereocenters. The molecule has 1 aromatic heterocycles. The van der Waals surface area contributed by atoms with Crippen molar-refractivity contribution in [2.45, 2.75) is 33.6 Å². The Balaban J connectivity index is 0.000000201. The van der Waals surface area contributed by atoms with Crippen molar-refractivity contribution in [3.63, 3.8) is 0 Å². The molecule has 24 heavy (non-hydrogen) atoms. The minimum absolute atomic E-state index is 0.148. The number of aryl methyl sites for hydroxylation is 2. The third-order valence-corrected chi connectivity index (χ3v) is 3.20. The van der Waals surface area contributed by atoms with Gasteiger partial charge in [0.2, 0.25) is 0 Å². The van der Waals surface area contributed by atoms with E-state index in [4.69, 9.17) is 6.42 Å². The average Bonchev–Trinajstić information content (AvgIpc) is 2.95. The molecule has 1 heterocycles. The molecule has 0 amide bonds. The number of hydrogen-bond donors (Lipinski definition) is 2. The lowest BCUT2D eigenvalue weighted by atomic mass is 10.2. The third-order valence-electron chi connectivity index (χ3n) is 3.20. The predicted octanol–water partition coefficient (Wildman–Crippen LogP) is 4.58. The molecule has 0 bridgehead atoms. The summed E-state index contributed by atoms with van der Waals surface area (Å²) < 4.78 is 12.2. The standard InChI is InChI=1S/C8H9F.C8H8N2O.C4H6/c1-2-7-3-5-8(9)6-4-7;1-5-2-3-6-7(4-5)10-8(11)9-6;1-3-4-2/h3-6H,2H2,1H3;2-4H,1H3,(H2,9,10,11);1H,4H2,2H3. The van der Waals surface area contributed by atoms with Gasteiger partial charge in [-0.1, -0.05) is 32.0 Å². The summed E-state index contributed by atoms with van der Waals surface area (Å²) in [7, 11) is 0. The van der Waals surface area contributed by atoms with Crippen LogP contribution in [-0.4, -0.2) is 9.97 Å². The summed E-state index contributed by atoms with van der Waals surface area (Å²) in [5.74, 6) is 2.27. The van der Waals surface area contributed by atoms with Gasteiger partial charge in [0.1, 0.15) is 5.82 Å². The maximum absolute atomic E-state index is 12.2. The van der Waals surface area contributed by atoms with Gasteiger partial charge >= 0.3 is 5.69 Å². The Hall–Kier alpha value is -2.80. The largest absolute Gasteiger partial charge is 0.323 e. The van der Waals surface area contributed by atoms with Crippen LogP contribution in [0.5, 0.6) is 0 Å². The number of aromatic nitrogens is 2. The van der Waals surface area contributed by atoms with Gasteiger partial charge in [0, 0.05) is 6.42 Å². The normalized spacial score (nSPS) is 9.29. The van der Waals surface area contributed by atoms with Gasteiger partial charge in [0.25, 0.3) is 0 Å². The van der Waals surface area contributed by atoms with Crippen LogP contribution in [0.4, 0.5) is 4.39 Å². The SMILES string of the molecule is C#CCC.CCc1ccc(F)cc1.Cc1ccc2[nH]c(=O)[nH]c2c1. The van der Waals surface area contributed by atoms with E-state index in [1.54, 1.807) is 12.1 Å². The summed E-state index contributed by atoms with van der Waals surface area (Å²) in [4.78, 5) is 16.2.